The van der Waals surface area contributed by atoms with E-state index >= 15 is 0 Å². The Morgan fingerprint density at radius 3 is 2.15 bits per heavy atom. The van der Waals surface area contributed by atoms with Crippen molar-refractivity contribution in [2.24, 2.45) is 0 Å². The summed E-state index contributed by atoms with van der Waals surface area (Å²) in [6.45, 7) is 0.145. The van der Waals surface area contributed by atoms with Gasteiger partial charge in [0, 0.05) is 18.9 Å². The lowest BCUT2D eigenvalue weighted by atomic mass is 9.98. The number of aliphatic hydroxyl groups is 1. The summed E-state index contributed by atoms with van der Waals surface area (Å²) in [6, 6.07) is 16.2. The highest BCUT2D eigenvalue weighted by atomic mass is 16.5. The topological polar surface area (TPSA) is 116 Å². The summed E-state index contributed by atoms with van der Waals surface area (Å²) in [4.78, 5) is 37.8. The normalized spacial score (nSPS) is 22.4. The summed E-state index contributed by atoms with van der Waals surface area (Å²) in [6.07, 6.45) is 0.805. The molecule has 0 aromatic heterocycles. The molecule has 3 N–H and O–H groups in total. The number of ether oxygens (including phenoxy) is 1. The van der Waals surface area contributed by atoms with Crippen LogP contribution in [0, 0.1) is 0 Å². The SMILES string of the molecule is O=C(NC1(CC(=O)N2CCC(O)(C(=O)O)C2)CC1)OCC1c2ccccc2-c2ccccc21. The Bertz CT molecular complexity index is 1080. The van der Waals surface area contributed by atoms with Crippen LogP contribution in [0.3, 0.4) is 0 Å². The molecular formula is C25H26N2O6. The fourth-order valence-electron chi connectivity index (χ4n) is 4.93. The number of carboxylic acids is 1. The van der Waals surface area contributed by atoms with Gasteiger partial charge in [-0.15, -0.1) is 0 Å². The molecule has 1 unspecified atom stereocenters. The number of β-amino-alcohol motifs (C(OH)–C–C–N with tert-alkyl or cyclic N) is 1. The molecule has 0 bridgehead atoms. The number of aliphatic carboxylic acids is 1. The Kier molecular flexibility index (Phi) is 5.12. The summed E-state index contributed by atoms with van der Waals surface area (Å²) >= 11 is 0. The quantitative estimate of drug-likeness (QED) is 0.623. The molecule has 172 valence electrons. The highest BCUT2D eigenvalue weighted by Gasteiger charge is 2.50. The van der Waals surface area contributed by atoms with Gasteiger partial charge in [0.2, 0.25) is 5.91 Å². The number of carbonyl (C=O) groups is 3. The number of fused-ring (bicyclic) bond motifs is 3. The van der Waals surface area contributed by atoms with Crippen LogP contribution in [0.4, 0.5) is 4.79 Å². The van der Waals surface area contributed by atoms with Crippen molar-refractivity contribution >= 4 is 18.0 Å². The maximum atomic E-state index is 12.7. The Morgan fingerprint density at radius 1 is 1.00 bits per heavy atom. The van der Waals surface area contributed by atoms with E-state index in [2.05, 4.69) is 29.6 Å². The molecule has 1 atom stereocenters. The molecule has 2 amide bonds. The molecule has 2 fully saturated rings. The van der Waals surface area contributed by atoms with Gasteiger partial charge < -0.3 is 25.2 Å². The third kappa shape index (κ3) is 3.95. The second-order valence-electron chi connectivity index (χ2n) is 9.31. The van der Waals surface area contributed by atoms with Crippen LogP contribution in [0.1, 0.15) is 42.7 Å². The average molecular weight is 450 g/mol. The number of amides is 2. The first-order chi connectivity index (χ1) is 15.8. The van der Waals surface area contributed by atoms with Crippen molar-refractivity contribution in [1.82, 2.24) is 10.2 Å². The van der Waals surface area contributed by atoms with E-state index in [1.807, 2.05) is 24.3 Å². The standard InChI is InChI=1S/C25H26N2O6/c28-21(27-12-11-25(32,15-27)22(29)30)13-24(9-10-24)26-23(31)33-14-20-18-7-3-1-5-16(18)17-6-2-4-8-19(17)20/h1-8,20,32H,9-15H2,(H,26,31)(H,29,30). The number of carboxylic acid groups (broad SMARTS) is 1. The van der Waals surface area contributed by atoms with Crippen LogP contribution in [-0.4, -0.2) is 63.9 Å². The molecule has 5 rings (SSSR count). The molecule has 2 aromatic carbocycles. The van der Waals surface area contributed by atoms with E-state index in [1.54, 1.807) is 0 Å². The van der Waals surface area contributed by atoms with Gasteiger partial charge in [0.05, 0.1) is 18.5 Å². The molecule has 1 saturated heterocycles. The van der Waals surface area contributed by atoms with Crippen molar-refractivity contribution in [1.29, 1.82) is 0 Å². The van der Waals surface area contributed by atoms with E-state index in [0.29, 0.717) is 12.8 Å². The van der Waals surface area contributed by atoms with E-state index in [0.717, 1.165) is 22.3 Å². The van der Waals surface area contributed by atoms with Crippen molar-refractivity contribution < 1.29 is 29.3 Å². The summed E-state index contributed by atoms with van der Waals surface area (Å²) in [7, 11) is 0. The first-order valence-electron chi connectivity index (χ1n) is 11.2. The van der Waals surface area contributed by atoms with E-state index in [1.165, 1.54) is 4.90 Å². The Morgan fingerprint density at radius 2 is 1.61 bits per heavy atom. The van der Waals surface area contributed by atoms with Gasteiger partial charge in [-0.05, 0) is 35.1 Å². The summed E-state index contributed by atoms with van der Waals surface area (Å²) in [5.41, 5.74) is 2.00. The zero-order chi connectivity index (χ0) is 23.2. The van der Waals surface area contributed by atoms with Crippen molar-refractivity contribution in [2.75, 3.05) is 19.7 Å². The maximum absolute atomic E-state index is 12.7. The number of nitrogens with one attached hydrogen (secondary N) is 1. The summed E-state index contributed by atoms with van der Waals surface area (Å²) in [5, 5.41) is 22.1. The number of nitrogens with zero attached hydrogens (tertiary/aromatic N) is 1. The predicted molar refractivity (Wildman–Crippen MR) is 119 cm³/mol. The minimum atomic E-state index is -1.90. The molecule has 3 aliphatic rings. The maximum Gasteiger partial charge on any atom is 0.407 e. The second-order valence-corrected chi connectivity index (χ2v) is 9.31. The van der Waals surface area contributed by atoms with Gasteiger partial charge in [-0.2, -0.15) is 0 Å². The highest BCUT2D eigenvalue weighted by molar-refractivity contribution is 5.84. The van der Waals surface area contributed by atoms with Gasteiger partial charge in [-0.3, -0.25) is 4.79 Å². The molecule has 33 heavy (non-hydrogen) atoms. The number of rotatable bonds is 6. The van der Waals surface area contributed by atoms with Crippen LogP contribution in [0.25, 0.3) is 11.1 Å². The van der Waals surface area contributed by atoms with Crippen LogP contribution in [-0.2, 0) is 14.3 Å². The number of likely N-dealkylation sites (tertiary alicyclic amines) is 1. The molecule has 8 heteroatoms. The number of alkyl carbamates (subject to hydrolysis) is 1. The van der Waals surface area contributed by atoms with Crippen LogP contribution < -0.4 is 5.32 Å². The molecule has 8 nitrogen and oxygen atoms in total. The molecule has 1 aliphatic heterocycles. The van der Waals surface area contributed by atoms with Gasteiger partial charge in [0.1, 0.15) is 6.61 Å². The van der Waals surface area contributed by atoms with Gasteiger partial charge in [0.25, 0.3) is 0 Å². The molecular weight excluding hydrogens is 424 g/mol. The molecule has 1 saturated carbocycles. The fourth-order valence-corrected chi connectivity index (χ4v) is 4.93. The van der Waals surface area contributed by atoms with Crippen molar-refractivity contribution in [3.05, 3.63) is 59.7 Å². The molecule has 1 heterocycles. The highest BCUT2D eigenvalue weighted by Crippen LogP contribution is 2.45. The van der Waals surface area contributed by atoms with Crippen LogP contribution in [0.2, 0.25) is 0 Å². The predicted octanol–water partition coefficient (Wildman–Crippen LogP) is 2.50. The zero-order valence-corrected chi connectivity index (χ0v) is 18.1. The third-order valence-electron chi connectivity index (χ3n) is 7.05. The number of hydrogen-bond acceptors (Lipinski definition) is 5. The largest absolute Gasteiger partial charge is 0.479 e. The van der Waals surface area contributed by atoms with Crippen molar-refractivity contribution in [2.45, 2.75) is 42.7 Å². The number of hydrogen-bond donors (Lipinski definition) is 3. The first-order valence-corrected chi connectivity index (χ1v) is 11.2. The second kappa shape index (κ2) is 7.88. The lowest BCUT2D eigenvalue weighted by Crippen LogP contribution is -2.45. The minimum Gasteiger partial charge on any atom is -0.479 e. The Hall–Kier alpha value is -3.39. The summed E-state index contributed by atoms with van der Waals surface area (Å²) < 4.78 is 5.59. The Labute approximate surface area is 191 Å². The number of carbonyl (C=O) groups excluding carboxylic acids is 2. The van der Waals surface area contributed by atoms with Crippen molar-refractivity contribution in [3.8, 4) is 11.1 Å². The van der Waals surface area contributed by atoms with Crippen LogP contribution >= 0.6 is 0 Å². The van der Waals surface area contributed by atoms with Crippen molar-refractivity contribution in [3.63, 3.8) is 0 Å². The van der Waals surface area contributed by atoms with Gasteiger partial charge >= 0.3 is 12.1 Å². The lowest BCUT2D eigenvalue weighted by Gasteiger charge is -2.23. The molecule has 2 aromatic rings. The van der Waals surface area contributed by atoms with Gasteiger partial charge in [0.15, 0.2) is 5.60 Å². The fraction of sp³-hybridized carbons (Fsp3) is 0.400. The average Bonchev–Trinajstić information content (AvgIpc) is 3.28. The molecule has 2 aliphatic carbocycles. The molecule has 0 radical (unpaired) electrons. The van der Waals surface area contributed by atoms with E-state index in [-0.39, 0.29) is 44.4 Å². The zero-order valence-electron chi connectivity index (χ0n) is 18.1. The number of benzene rings is 2. The minimum absolute atomic E-state index is 0.000873. The Balaban J connectivity index is 1.18. The van der Waals surface area contributed by atoms with E-state index < -0.39 is 23.2 Å². The van der Waals surface area contributed by atoms with Crippen LogP contribution in [0.15, 0.2) is 48.5 Å². The van der Waals surface area contributed by atoms with E-state index in [4.69, 9.17) is 9.84 Å². The summed E-state index contributed by atoms with van der Waals surface area (Å²) in [5.74, 6) is -1.64. The first kappa shape index (κ1) is 21.5. The smallest absolute Gasteiger partial charge is 0.407 e. The molecule has 0 spiro atoms. The van der Waals surface area contributed by atoms with E-state index in [9.17, 15) is 19.5 Å². The third-order valence-corrected chi connectivity index (χ3v) is 7.05. The monoisotopic (exact) mass is 450 g/mol. The van der Waals surface area contributed by atoms with Gasteiger partial charge in [-0.1, -0.05) is 48.5 Å². The van der Waals surface area contributed by atoms with Crippen LogP contribution in [0.5, 0.6) is 0 Å². The lowest BCUT2D eigenvalue weighted by molar-refractivity contribution is -0.157. The van der Waals surface area contributed by atoms with Gasteiger partial charge in [-0.25, -0.2) is 9.59 Å².